The zero-order chi connectivity index (χ0) is 18.2. The van der Waals surface area contributed by atoms with E-state index < -0.39 is 20.0 Å². The van der Waals surface area contributed by atoms with Crippen molar-refractivity contribution in [2.45, 2.75) is 24.7 Å². The van der Waals surface area contributed by atoms with E-state index in [1.165, 1.54) is 4.31 Å². The largest absolute Gasteiger partial charge is 0.284 e. The normalized spacial score (nSPS) is 14.9. The highest BCUT2D eigenvalue weighted by Crippen LogP contribution is 2.34. The molecule has 0 saturated carbocycles. The third-order valence-corrected chi connectivity index (χ3v) is 6.50. The number of anilines is 2. The lowest BCUT2D eigenvalue weighted by molar-refractivity contribution is 0.586. The summed E-state index contributed by atoms with van der Waals surface area (Å²) in [6, 6.07) is 11.7. The number of sulfonamides is 2. The van der Waals surface area contributed by atoms with Gasteiger partial charge in [-0.1, -0.05) is 17.7 Å². The van der Waals surface area contributed by atoms with Gasteiger partial charge in [-0.3, -0.25) is 9.03 Å². The van der Waals surface area contributed by atoms with Crippen molar-refractivity contribution >= 4 is 31.4 Å². The van der Waals surface area contributed by atoms with Crippen LogP contribution in [0.1, 0.15) is 17.5 Å². The monoisotopic (exact) mass is 380 g/mol. The second-order valence-electron chi connectivity index (χ2n) is 6.21. The lowest BCUT2D eigenvalue weighted by Crippen LogP contribution is -2.35. The minimum atomic E-state index is -3.65. The number of rotatable bonds is 4. The average molecular weight is 380 g/mol. The average Bonchev–Trinajstić information content (AvgIpc) is 2.53. The molecular weight excluding hydrogens is 360 g/mol. The van der Waals surface area contributed by atoms with Crippen molar-refractivity contribution < 1.29 is 16.8 Å². The number of nitrogens with one attached hydrogen (secondary N) is 1. The summed E-state index contributed by atoms with van der Waals surface area (Å²) in [6.07, 6.45) is 2.47. The second kappa shape index (κ2) is 6.34. The highest BCUT2D eigenvalue weighted by molar-refractivity contribution is 7.93. The van der Waals surface area contributed by atoms with Gasteiger partial charge in [0, 0.05) is 12.2 Å². The highest BCUT2D eigenvalue weighted by Gasteiger charge is 2.29. The van der Waals surface area contributed by atoms with Gasteiger partial charge in [0.05, 0.1) is 16.8 Å². The molecule has 1 aliphatic rings. The number of aryl methyl sites for hydroxylation is 2. The molecule has 0 saturated heterocycles. The van der Waals surface area contributed by atoms with Crippen LogP contribution >= 0.6 is 0 Å². The number of hydrogen-bond acceptors (Lipinski definition) is 4. The molecule has 0 aliphatic carbocycles. The van der Waals surface area contributed by atoms with Crippen molar-refractivity contribution in [3.8, 4) is 0 Å². The Balaban J connectivity index is 2.00. The summed E-state index contributed by atoms with van der Waals surface area (Å²) in [7, 11) is -7.02. The first kappa shape index (κ1) is 17.8. The summed E-state index contributed by atoms with van der Waals surface area (Å²) in [6.45, 7) is 2.31. The molecule has 0 unspecified atom stereocenters. The highest BCUT2D eigenvalue weighted by atomic mass is 32.2. The molecule has 8 heteroatoms. The van der Waals surface area contributed by atoms with Crippen LogP contribution in [0.25, 0.3) is 0 Å². The summed E-state index contributed by atoms with van der Waals surface area (Å²) < 4.78 is 52.6. The SMILES string of the molecule is Cc1ccc(S(=O)(=O)N2CCCc3cc(NS(C)(=O)=O)ccc32)cc1. The van der Waals surface area contributed by atoms with E-state index in [1.54, 1.807) is 42.5 Å². The lowest BCUT2D eigenvalue weighted by Gasteiger charge is -2.31. The fraction of sp³-hybridized carbons (Fsp3) is 0.294. The zero-order valence-electron chi connectivity index (χ0n) is 14.1. The molecular formula is C17H20N2O4S2. The molecule has 0 bridgehead atoms. The van der Waals surface area contributed by atoms with E-state index >= 15 is 0 Å². The van der Waals surface area contributed by atoms with Crippen molar-refractivity contribution in [2.24, 2.45) is 0 Å². The molecule has 0 amide bonds. The number of hydrogen-bond donors (Lipinski definition) is 1. The van der Waals surface area contributed by atoms with Crippen molar-refractivity contribution in [2.75, 3.05) is 21.8 Å². The first-order chi connectivity index (χ1) is 11.7. The van der Waals surface area contributed by atoms with Crippen LogP contribution in [-0.4, -0.2) is 29.6 Å². The van der Waals surface area contributed by atoms with E-state index in [2.05, 4.69) is 4.72 Å². The molecule has 1 N–H and O–H groups in total. The summed E-state index contributed by atoms with van der Waals surface area (Å²) in [5.74, 6) is 0. The van der Waals surface area contributed by atoms with E-state index in [9.17, 15) is 16.8 Å². The van der Waals surface area contributed by atoms with Crippen LogP contribution in [0.15, 0.2) is 47.4 Å². The first-order valence-electron chi connectivity index (χ1n) is 7.87. The summed E-state index contributed by atoms with van der Waals surface area (Å²) in [5, 5.41) is 0. The minimum Gasteiger partial charge on any atom is -0.284 e. The molecule has 1 aliphatic heterocycles. The van der Waals surface area contributed by atoms with Gasteiger partial charge in [-0.2, -0.15) is 0 Å². The van der Waals surface area contributed by atoms with Crippen LogP contribution in [0.3, 0.4) is 0 Å². The third-order valence-electron chi connectivity index (χ3n) is 4.07. The van der Waals surface area contributed by atoms with Gasteiger partial charge < -0.3 is 0 Å². The van der Waals surface area contributed by atoms with E-state index in [4.69, 9.17) is 0 Å². The fourth-order valence-corrected chi connectivity index (χ4v) is 5.02. The number of benzene rings is 2. The molecule has 25 heavy (non-hydrogen) atoms. The van der Waals surface area contributed by atoms with E-state index in [1.807, 2.05) is 6.92 Å². The Morgan fingerprint density at radius 3 is 2.32 bits per heavy atom. The first-order valence-corrected chi connectivity index (χ1v) is 11.2. The smallest absolute Gasteiger partial charge is 0.264 e. The maximum Gasteiger partial charge on any atom is 0.264 e. The van der Waals surface area contributed by atoms with Gasteiger partial charge in [0.1, 0.15) is 0 Å². The molecule has 0 radical (unpaired) electrons. The van der Waals surface area contributed by atoms with Gasteiger partial charge in [0.2, 0.25) is 10.0 Å². The van der Waals surface area contributed by atoms with E-state index in [-0.39, 0.29) is 4.90 Å². The standard InChI is InChI=1S/C17H20N2O4S2/c1-13-5-8-16(9-6-13)25(22,23)19-11-3-4-14-12-15(7-10-17(14)19)18-24(2,20)21/h5-10,12,18H,3-4,11H2,1-2H3. The molecule has 2 aromatic rings. The van der Waals surface area contributed by atoms with Gasteiger partial charge in [-0.15, -0.1) is 0 Å². The zero-order valence-corrected chi connectivity index (χ0v) is 15.7. The van der Waals surface area contributed by atoms with Crippen molar-refractivity contribution in [3.63, 3.8) is 0 Å². The number of fused-ring (bicyclic) bond motifs is 1. The van der Waals surface area contributed by atoms with Gasteiger partial charge in [0.25, 0.3) is 10.0 Å². The molecule has 0 atom stereocenters. The molecule has 134 valence electrons. The fourth-order valence-electron chi connectivity index (χ4n) is 2.93. The Hall–Kier alpha value is -2.06. The van der Waals surface area contributed by atoms with Gasteiger partial charge in [0.15, 0.2) is 0 Å². The molecule has 1 heterocycles. The van der Waals surface area contributed by atoms with Crippen molar-refractivity contribution in [1.82, 2.24) is 0 Å². The van der Waals surface area contributed by atoms with Crippen molar-refractivity contribution in [1.29, 1.82) is 0 Å². The van der Waals surface area contributed by atoms with Crippen LogP contribution in [-0.2, 0) is 26.5 Å². The summed E-state index contributed by atoms with van der Waals surface area (Å²) in [5.41, 5.74) is 2.85. The third kappa shape index (κ3) is 3.80. The summed E-state index contributed by atoms with van der Waals surface area (Å²) >= 11 is 0. The minimum absolute atomic E-state index is 0.254. The van der Waals surface area contributed by atoms with E-state index in [0.29, 0.717) is 30.8 Å². The topological polar surface area (TPSA) is 83.6 Å². The number of nitrogens with zero attached hydrogens (tertiary/aromatic N) is 1. The van der Waals surface area contributed by atoms with Crippen molar-refractivity contribution in [3.05, 3.63) is 53.6 Å². The Bertz CT molecular complexity index is 997. The Kier molecular flexibility index (Phi) is 4.51. The predicted molar refractivity (Wildman–Crippen MR) is 98.9 cm³/mol. The molecule has 0 aromatic heterocycles. The Morgan fingerprint density at radius 2 is 1.68 bits per heavy atom. The summed E-state index contributed by atoms with van der Waals surface area (Å²) in [4.78, 5) is 0.254. The molecule has 6 nitrogen and oxygen atoms in total. The lowest BCUT2D eigenvalue weighted by atomic mass is 10.0. The predicted octanol–water partition coefficient (Wildman–Crippen LogP) is 2.51. The van der Waals surface area contributed by atoms with Gasteiger partial charge in [-0.05, 0) is 55.7 Å². The molecule has 3 rings (SSSR count). The second-order valence-corrected chi connectivity index (χ2v) is 9.82. The van der Waals surface area contributed by atoms with Crippen LogP contribution in [0.4, 0.5) is 11.4 Å². The molecule has 2 aromatic carbocycles. The van der Waals surface area contributed by atoms with Gasteiger partial charge >= 0.3 is 0 Å². The van der Waals surface area contributed by atoms with Crippen LogP contribution in [0.5, 0.6) is 0 Å². The molecule has 0 fully saturated rings. The van der Waals surface area contributed by atoms with Crippen LogP contribution in [0.2, 0.25) is 0 Å². The Morgan fingerprint density at radius 1 is 1.00 bits per heavy atom. The van der Waals surface area contributed by atoms with E-state index in [0.717, 1.165) is 17.4 Å². The van der Waals surface area contributed by atoms with Crippen LogP contribution in [0, 0.1) is 6.92 Å². The Labute approximate surface area is 148 Å². The van der Waals surface area contributed by atoms with Crippen LogP contribution < -0.4 is 9.03 Å². The molecule has 0 spiro atoms. The van der Waals surface area contributed by atoms with Gasteiger partial charge in [-0.25, -0.2) is 16.8 Å². The maximum absolute atomic E-state index is 13.0. The quantitative estimate of drug-likeness (QED) is 0.883. The maximum atomic E-state index is 13.0.